The van der Waals surface area contributed by atoms with E-state index in [-0.39, 0.29) is 6.04 Å². The van der Waals surface area contributed by atoms with Crippen molar-refractivity contribution >= 4 is 5.96 Å². The smallest absolute Gasteiger partial charge is 0.191 e. The summed E-state index contributed by atoms with van der Waals surface area (Å²) >= 11 is 0. The van der Waals surface area contributed by atoms with E-state index in [1.54, 1.807) is 14.2 Å². The zero-order chi connectivity index (χ0) is 15.7. The van der Waals surface area contributed by atoms with Crippen LogP contribution in [0.4, 0.5) is 0 Å². The Hall–Kier alpha value is -1.75. The van der Waals surface area contributed by atoms with Gasteiger partial charge >= 0.3 is 0 Å². The van der Waals surface area contributed by atoms with E-state index in [1.165, 1.54) is 0 Å². The molecule has 5 heteroatoms. The summed E-state index contributed by atoms with van der Waals surface area (Å²) in [4.78, 5) is 4.60. The number of nitrogens with one attached hydrogen (secondary N) is 2. The number of hydrogen-bond acceptors (Lipinski definition) is 3. The molecule has 0 aliphatic heterocycles. The van der Waals surface area contributed by atoms with Crippen LogP contribution in [-0.4, -0.2) is 39.4 Å². The Morgan fingerprint density at radius 3 is 2.67 bits per heavy atom. The van der Waals surface area contributed by atoms with E-state index in [0.29, 0.717) is 13.2 Å². The molecule has 0 fully saturated rings. The number of guanidine groups is 1. The Balaban J connectivity index is 2.70. The summed E-state index contributed by atoms with van der Waals surface area (Å²) in [6.07, 6.45) is 0. The summed E-state index contributed by atoms with van der Waals surface area (Å²) in [5, 5.41) is 6.55. The van der Waals surface area contributed by atoms with Crippen LogP contribution in [-0.2, 0) is 11.3 Å². The second kappa shape index (κ2) is 9.23. The third kappa shape index (κ3) is 6.04. The molecule has 0 bridgehead atoms. The Labute approximate surface area is 127 Å². The first-order valence-electron chi connectivity index (χ1n) is 7.28. The molecule has 0 aliphatic carbocycles. The van der Waals surface area contributed by atoms with Crippen molar-refractivity contribution in [3.8, 4) is 5.75 Å². The molecular formula is C16H27N3O2. The van der Waals surface area contributed by atoms with Crippen LogP contribution >= 0.6 is 0 Å². The largest absolute Gasteiger partial charge is 0.496 e. The maximum Gasteiger partial charge on any atom is 0.191 e. The number of methoxy groups -OCH3 is 2. The van der Waals surface area contributed by atoms with Crippen molar-refractivity contribution in [2.45, 2.75) is 33.4 Å². The topological polar surface area (TPSA) is 54.9 Å². The molecule has 1 unspecified atom stereocenters. The molecule has 2 N–H and O–H groups in total. The number of rotatable bonds is 7. The Bertz CT molecular complexity index is 461. The molecule has 21 heavy (non-hydrogen) atoms. The number of ether oxygens (including phenoxy) is 2. The van der Waals surface area contributed by atoms with Crippen LogP contribution in [0.1, 0.15) is 25.0 Å². The van der Waals surface area contributed by atoms with Crippen molar-refractivity contribution in [2.75, 3.05) is 27.4 Å². The predicted molar refractivity (Wildman–Crippen MR) is 87.0 cm³/mol. The highest BCUT2D eigenvalue weighted by Gasteiger charge is 2.05. The standard InChI is InChI=1S/C16H27N3O2/c1-6-17-16(19-13(3)11-20-4)18-10-14-7-8-15(21-5)12(2)9-14/h7-9,13H,6,10-11H2,1-5H3,(H2,17,18,19). The molecule has 0 spiro atoms. The van der Waals surface area contributed by atoms with Crippen molar-refractivity contribution in [1.82, 2.24) is 10.6 Å². The lowest BCUT2D eigenvalue weighted by molar-refractivity contribution is 0.179. The predicted octanol–water partition coefficient (Wildman–Crippen LogP) is 2.09. The van der Waals surface area contributed by atoms with Gasteiger partial charge in [-0.25, -0.2) is 4.99 Å². The molecule has 0 saturated carbocycles. The molecule has 1 rings (SSSR count). The van der Waals surface area contributed by atoms with Crippen LogP contribution in [0.5, 0.6) is 5.75 Å². The minimum atomic E-state index is 0.213. The molecule has 118 valence electrons. The number of aryl methyl sites for hydroxylation is 1. The van der Waals surface area contributed by atoms with Gasteiger partial charge in [0.15, 0.2) is 5.96 Å². The molecule has 5 nitrogen and oxygen atoms in total. The Morgan fingerprint density at radius 1 is 1.33 bits per heavy atom. The first kappa shape index (κ1) is 17.3. The van der Waals surface area contributed by atoms with Crippen LogP contribution in [0.2, 0.25) is 0 Å². The fourth-order valence-electron chi connectivity index (χ4n) is 2.05. The average Bonchev–Trinajstić information content (AvgIpc) is 2.45. The van der Waals surface area contributed by atoms with Gasteiger partial charge in [-0.2, -0.15) is 0 Å². The molecule has 1 atom stereocenters. The molecule has 0 amide bonds. The van der Waals surface area contributed by atoms with Crippen LogP contribution in [0, 0.1) is 6.92 Å². The number of benzene rings is 1. The molecule has 1 aromatic carbocycles. The summed E-state index contributed by atoms with van der Waals surface area (Å²) in [5.41, 5.74) is 2.28. The van der Waals surface area contributed by atoms with Crippen LogP contribution in [0.15, 0.2) is 23.2 Å². The van der Waals surface area contributed by atoms with Crippen LogP contribution in [0.3, 0.4) is 0 Å². The minimum absolute atomic E-state index is 0.213. The van der Waals surface area contributed by atoms with E-state index in [1.807, 2.05) is 19.1 Å². The first-order valence-corrected chi connectivity index (χ1v) is 7.28. The monoisotopic (exact) mass is 293 g/mol. The lowest BCUT2D eigenvalue weighted by Crippen LogP contribution is -2.43. The third-order valence-corrected chi connectivity index (χ3v) is 3.02. The lowest BCUT2D eigenvalue weighted by Gasteiger charge is -2.17. The van der Waals surface area contributed by atoms with Gasteiger partial charge in [0.05, 0.1) is 20.3 Å². The van der Waals surface area contributed by atoms with Gasteiger partial charge in [-0.1, -0.05) is 12.1 Å². The van der Waals surface area contributed by atoms with Gasteiger partial charge in [-0.05, 0) is 38.0 Å². The van der Waals surface area contributed by atoms with Gasteiger partial charge in [0.2, 0.25) is 0 Å². The number of aliphatic imine (C=N–C) groups is 1. The van der Waals surface area contributed by atoms with Gasteiger partial charge in [-0.15, -0.1) is 0 Å². The molecule has 0 heterocycles. The summed E-state index contributed by atoms with van der Waals surface area (Å²) in [7, 11) is 3.38. The Morgan fingerprint density at radius 2 is 2.10 bits per heavy atom. The Kier molecular flexibility index (Phi) is 7.61. The zero-order valence-corrected chi connectivity index (χ0v) is 13.7. The third-order valence-electron chi connectivity index (χ3n) is 3.02. The maximum atomic E-state index is 5.27. The van der Waals surface area contributed by atoms with Crippen molar-refractivity contribution in [1.29, 1.82) is 0 Å². The lowest BCUT2D eigenvalue weighted by atomic mass is 10.1. The van der Waals surface area contributed by atoms with Gasteiger partial charge in [-0.3, -0.25) is 0 Å². The van der Waals surface area contributed by atoms with Gasteiger partial charge in [0.1, 0.15) is 5.75 Å². The van der Waals surface area contributed by atoms with Gasteiger partial charge in [0, 0.05) is 19.7 Å². The highest BCUT2D eigenvalue weighted by atomic mass is 16.5. The molecule has 0 aliphatic rings. The van der Waals surface area contributed by atoms with Crippen LogP contribution in [0.25, 0.3) is 0 Å². The van der Waals surface area contributed by atoms with E-state index in [0.717, 1.165) is 29.4 Å². The van der Waals surface area contributed by atoms with E-state index in [2.05, 4.69) is 35.5 Å². The zero-order valence-electron chi connectivity index (χ0n) is 13.7. The summed E-state index contributed by atoms with van der Waals surface area (Å²) in [6, 6.07) is 6.33. The summed E-state index contributed by atoms with van der Waals surface area (Å²) < 4.78 is 10.4. The fourth-order valence-corrected chi connectivity index (χ4v) is 2.05. The van der Waals surface area contributed by atoms with Crippen molar-refractivity contribution in [2.24, 2.45) is 4.99 Å². The highest BCUT2D eigenvalue weighted by Crippen LogP contribution is 2.18. The van der Waals surface area contributed by atoms with E-state index in [4.69, 9.17) is 9.47 Å². The molecular weight excluding hydrogens is 266 g/mol. The van der Waals surface area contributed by atoms with Crippen LogP contribution < -0.4 is 15.4 Å². The molecule has 0 radical (unpaired) electrons. The molecule has 1 aromatic rings. The highest BCUT2D eigenvalue weighted by molar-refractivity contribution is 5.80. The second-order valence-corrected chi connectivity index (χ2v) is 5.00. The number of hydrogen-bond donors (Lipinski definition) is 2. The number of nitrogens with zero attached hydrogens (tertiary/aromatic N) is 1. The van der Waals surface area contributed by atoms with Crippen molar-refractivity contribution in [3.63, 3.8) is 0 Å². The normalized spacial score (nSPS) is 12.9. The minimum Gasteiger partial charge on any atom is -0.496 e. The summed E-state index contributed by atoms with van der Waals surface area (Å²) in [6.45, 7) is 8.25. The second-order valence-electron chi connectivity index (χ2n) is 5.00. The SMILES string of the molecule is CCNC(=NCc1ccc(OC)c(C)c1)NC(C)COC. The average molecular weight is 293 g/mol. The first-order chi connectivity index (χ1) is 10.1. The van der Waals surface area contributed by atoms with E-state index in [9.17, 15) is 0 Å². The molecule has 0 aromatic heterocycles. The fraction of sp³-hybridized carbons (Fsp3) is 0.562. The van der Waals surface area contributed by atoms with Crippen molar-refractivity contribution < 1.29 is 9.47 Å². The van der Waals surface area contributed by atoms with E-state index >= 15 is 0 Å². The molecule has 0 saturated heterocycles. The van der Waals surface area contributed by atoms with E-state index < -0.39 is 0 Å². The maximum absolute atomic E-state index is 5.27. The van der Waals surface area contributed by atoms with Gasteiger partial charge in [0.25, 0.3) is 0 Å². The van der Waals surface area contributed by atoms with Gasteiger partial charge < -0.3 is 20.1 Å². The van der Waals surface area contributed by atoms with Crippen molar-refractivity contribution in [3.05, 3.63) is 29.3 Å². The quantitative estimate of drug-likeness (QED) is 0.597. The summed E-state index contributed by atoms with van der Waals surface area (Å²) in [5.74, 6) is 1.71.